The van der Waals surface area contributed by atoms with Gasteiger partial charge in [-0.25, -0.2) is 4.79 Å². The summed E-state index contributed by atoms with van der Waals surface area (Å²) in [6, 6.07) is 5.55. The first kappa shape index (κ1) is 14.1. The Bertz CT molecular complexity index is 685. The Morgan fingerprint density at radius 1 is 1.30 bits per heavy atom. The summed E-state index contributed by atoms with van der Waals surface area (Å²) in [5.74, 6) is -0.747. The molecule has 106 valence electrons. The first-order valence-corrected chi connectivity index (χ1v) is 6.35. The smallest absolute Gasteiger partial charge is 0.381 e. The first-order valence-electron chi connectivity index (χ1n) is 6.35. The number of aromatic nitrogens is 1. The van der Waals surface area contributed by atoms with Gasteiger partial charge >= 0.3 is 5.97 Å². The van der Waals surface area contributed by atoms with Crippen LogP contribution >= 0.6 is 0 Å². The van der Waals surface area contributed by atoms with Gasteiger partial charge in [0.1, 0.15) is 11.4 Å². The number of hydrogen-bond acceptors (Lipinski definition) is 4. The number of ketones is 1. The van der Waals surface area contributed by atoms with Gasteiger partial charge in [-0.3, -0.25) is 4.79 Å². The summed E-state index contributed by atoms with van der Waals surface area (Å²) in [5, 5.41) is 0.918. The molecule has 1 aromatic carbocycles. The number of esters is 1. The monoisotopic (exact) mass is 275 g/mol. The summed E-state index contributed by atoms with van der Waals surface area (Å²) >= 11 is 0. The summed E-state index contributed by atoms with van der Waals surface area (Å²) in [6.45, 7) is 3.67. The molecule has 0 saturated heterocycles. The molecule has 5 nitrogen and oxygen atoms in total. The van der Waals surface area contributed by atoms with Gasteiger partial charge in [0.15, 0.2) is 0 Å². The van der Waals surface area contributed by atoms with Gasteiger partial charge in [-0.2, -0.15) is 0 Å². The van der Waals surface area contributed by atoms with E-state index in [9.17, 15) is 9.59 Å². The molecular weight excluding hydrogens is 258 g/mol. The van der Waals surface area contributed by atoms with Crippen LogP contribution in [0.2, 0.25) is 0 Å². The van der Waals surface area contributed by atoms with Crippen molar-refractivity contribution in [1.29, 1.82) is 0 Å². The second kappa shape index (κ2) is 5.36. The fourth-order valence-electron chi connectivity index (χ4n) is 2.35. The molecule has 1 heterocycles. The van der Waals surface area contributed by atoms with E-state index in [0.29, 0.717) is 11.4 Å². The van der Waals surface area contributed by atoms with Gasteiger partial charge in [0, 0.05) is 18.5 Å². The van der Waals surface area contributed by atoms with E-state index < -0.39 is 11.8 Å². The molecule has 0 bridgehead atoms. The molecule has 0 aliphatic carbocycles. The van der Waals surface area contributed by atoms with Gasteiger partial charge in [-0.15, -0.1) is 0 Å². The van der Waals surface area contributed by atoms with Crippen molar-refractivity contribution >= 4 is 22.7 Å². The number of hydrogen-bond donors (Lipinski definition) is 0. The molecule has 0 aliphatic heterocycles. The van der Waals surface area contributed by atoms with Crippen molar-refractivity contribution in [2.45, 2.75) is 13.8 Å². The highest BCUT2D eigenvalue weighted by Gasteiger charge is 2.25. The van der Waals surface area contributed by atoms with Crippen molar-refractivity contribution in [3.05, 3.63) is 29.5 Å². The maximum atomic E-state index is 12.2. The van der Waals surface area contributed by atoms with Crippen LogP contribution in [0, 0.1) is 6.92 Å². The predicted octanol–water partition coefficient (Wildman–Crippen LogP) is 2.24. The quantitative estimate of drug-likeness (QED) is 0.488. The highest BCUT2D eigenvalue weighted by Crippen LogP contribution is 2.28. The fourth-order valence-corrected chi connectivity index (χ4v) is 2.35. The SMILES string of the molecule is CCOC(=O)C(=O)c1c(C)c2ccc(OC)cc2n1C. The number of methoxy groups -OCH3 is 1. The lowest BCUT2D eigenvalue weighted by Gasteiger charge is -2.04. The van der Waals surface area contributed by atoms with Crippen LogP contribution in [0.15, 0.2) is 18.2 Å². The van der Waals surface area contributed by atoms with Gasteiger partial charge in [0.25, 0.3) is 5.78 Å². The molecule has 2 aromatic rings. The molecule has 0 radical (unpaired) electrons. The van der Waals surface area contributed by atoms with Crippen molar-refractivity contribution in [3.8, 4) is 5.75 Å². The average Bonchev–Trinajstić information content (AvgIpc) is 2.70. The lowest BCUT2D eigenvalue weighted by atomic mass is 10.1. The van der Waals surface area contributed by atoms with E-state index >= 15 is 0 Å². The van der Waals surface area contributed by atoms with Gasteiger partial charge in [0.2, 0.25) is 0 Å². The van der Waals surface area contributed by atoms with Gasteiger partial charge in [0.05, 0.1) is 19.2 Å². The molecule has 0 atom stereocenters. The summed E-state index contributed by atoms with van der Waals surface area (Å²) in [7, 11) is 3.34. The lowest BCUT2D eigenvalue weighted by Crippen LogP contribution is -2.20. The maximum Gasteiger partial charge on any atom is 0.381 e. The van der Waals surface area contributed by atoms with Gasteiger partial charge in [-0.1, -0.05) is 0 Å². The standard InChI is InChI=1S/C15H17NO4/c1-5-20-15(18)14(17)13-9(2)11-7-6-10(19-4)8-12(11)16(13)3/h6-8H,5H2,1-4H3. The Labute approximate surface area is 117 Å². The van der Waals surface area contributed by atoms with Gasteiger partial charge in [-0.05, 0) is 31.5 Å². The van der Waals surface area contributed by atoms with Crippen LogP contribution in [0.3, 0.4) is 0 Å². The molecule has 0 N–H and O–H groups in total. The lowest BCUT2D eigenvalue weighted by molar-refractivity contribution is -0.137. The van der Waals surface area contributed by atoms with Crippen molar-refractivity contribution < 1.29 is 19.1 Å². The zero-order valence-corrected chi connectivity index (χ0v) is 12.0. The van der Waals surface area contributed by atoms with Crippen LogP contribution in [-0.4, -0.2) is 30.0 Å². The summed E-state index contributed by atoms with van der Waals surface area (Å²) in [4.78, 5) is 23.8. The normalized spacial score (nSPS) is 10.6. The molecular formula is C15H17NO4. The Balaban J connectivity index is 2.60. The number of Topliss-reactive ketones (excluding diaryl/α,β-unsaturated/α-hetero) is 1. The van der Waals surface area contributed by atoms with Crippen LogP contribution in [0.1, 0.15) is 23.0 Å². The number of carbonyl (C=O) groups excluding carboxylic acids is 2. The molecule has 0 saturated carbocycles. The summed E-state index contributed by atoms with van der Waals surface area (Å²) < 4.78 is 11.7. The number of benzene rings is 1. The zero-order valence-electron chi connectivity index (χ0n) is 12.0. The van der Waals surface area contributed by atoms with Crippen LogP contribution in [0.25, 0.3) is 10.9 Å². The highest BCUT2D eigenvalue weighted by atomic mass is 16.5. The number of ether oxygens (including phenoxy) is 2. The number of carbonyl (C=O) groups is 2. The van der Waals surface area contributed by atoms with Crippen molar-refractivity contribution in [2.75, 3.05) is 13.7 Å². The first-order chi connectivity index (χ1) is 9.51. The molecule has 0 amide bonds. The van der Waals surface area contributed by atoms with Crippen LogP contribution in [0.5, 0.6) is 5.75 Å². The number of fused-ring (bicyclic) bond motifs is 1. The van der Waals surface area contributed by atoms with Crippen LogP contribution in [-0.2, 0) is 16.6 Å². The fraction of sp³-hybridized carbons (Fsp3) is 0.333. The number of rotatable bonds is 4. The number of aryl methyl sites for hydroxylation is 2. The minimum atomic E-state index is -0.825. The molecule has 2 rings (SSSR count). The van der Waals surface area contributed by atoms with E-state index in [4.69, 9.17) is 9.47 Å². The minimum Gasteiger partial charge on any atom is -0.497 e. The van der Waals surface area contributed by atoms with E-state index in [1.54, 1.807) is 25.6 Å². The topological polar surface area (TPSA) is 57.5 Å². The summed E-state index contributed by atoms with van der Waals surface area (Å²) in [5.41, 5.74) is 1.96. The second-order valence-corrected chi connectivity index (χ2v) is 4.47. The molecule has 0 fully saturated rings. The zero-order chi connectivity index (χ0) is 14.9. The average molecular weight is 275 g/mol. The van der Waals surface area contributed by atoms with Crippen LogP contribution < -0.4 is 4.74 Å². The second-order valence-electron chi connectivity index (χ2n) is 4.47. The van der Waals surface area contributed by atoms with E-state index in [2.05, 4.69) is 0 Å². The van der Waals surface area contributed by atoms with E-state index in [1.807, 2.05) is 25.1 Å². The van der Waals surface area contributed by atoms with Crippen molar-refractivity contribution in [3.63, 3.8) is 0 Å². The van der Waals surface area contributed by atoms with E-state index in [1.165, 1.54) is 0 Å². The largest absolute Gasteiger partial charge is 0.497 e. The van der Waals surface area contributed by atoms with Crippen molar-refractivity contribution in [2.24, 2.45) is 7.05 Å². The molecule has 1 aromatic heterocycles. The molecule has 0 spiro atoms. The van der Waals surface area contributed by atoms with Crippen molar-refractivity contribution in [1.82, 2.24) is 4.57 Å². The molecule has 20 heavy (non-hydrogen) atoms. The highest BCUT2D eigenvalue weighted by molar-refractivity contribution is 6.41. The minimum absolute atomic E-state index is 0.182. The number of nitrogens with zero attached hydrogens (tertiary/aromatic N) is 1. The van der Waals surface area contributed by atoms with E-state index in [-0.39, 0.29) is 6.61 Å². The maximum absolute atomic E-state index is 12.2. The molecule has 5 heteroatoms. The van der Waals surface area contributed by atoms with Crippen LogP contribution in [0.4, 0.5) is 0 Å². The van der Waals surface area contributed by atoms with E-state index in [0.717, 1.165) is 16.5 Å². The third kappa shape index (κ3) is 2.15. The third-order valence-electron chi connectivity index (χ3n) is 3.34. The molecule has 0 unspecified atom stereocenters. The predicted molar refractivity (Wildman–Crippen MR) is 75.2 cm³/mol. The summed E-state index contributed by atoms with van der Waals surface area (Å²) in [6.07, 6.45) is 0. The Morgan fingerprint density at radius 2 is 2.00 bits per heavy atom. The molecule has 0 aliphatic rings. The third-order valence-corrected chi connectivity index (χ3v) is 3.34. The Kier molecular flexibility index (Phi) is 3.79. The Morgan fingerprint density at radius 3 is 2.60 bits per heavy atom. The Hall–Kier alpha value is -2.30. The van der Waals surface area contributed by atoms with Gasteiger partial charge < -0.3 is 14.0 Å².